The van der Waals surface area contributed by atoms with E-state index in [1.165, 1.54) is 5.56 Å². The van der Waals surface area contributed by atoms with E-state index in [1.54, 1.807) is 0 Å². The van der Waals surface area contributed by atoms with E-state index < -0.39 is 0 Å². The number of H-pyrrole nitrogens is 1. The first-order valence-corrected chi connectivity index (χ1v) is 7.15. The predicted octanol–water partition coefficient (Wildman–Crippen LogP) is 4.00. The van der Waals surface area contributed by atoms with Gasteiger partial charge in [0.25, 0.3) is 0 Å². The van der Waals surface area contributed by atoms with Gasteiger partial charge in [0.15, 0.2) is 0 Å². The fraction of sp³-hybridized carbons (Fsp3) is 0.0556. The zero-order valence-corrected chi connectivity index (χ0v) is 12.1. The fourth-order valence-electron chi connectivity index (χ4n) is 2.63. The van der Waals surface area contributed by atoms with Gasteiger partial charge in [-0.15, -0.1) is 0 Å². The second-order valence-electron chi connectivity index (χ2n) is 5.26. The molecule has 0 spiro atoms. The lowest BCUT2D eigenvalue weighted by molar-refractivity contribution is 0.944. The molecule has 0 aliphatic heterocycles. The summed E-state index contributed by atoms with van der Waals surface area (Å²) in [4.78, 5) is 4.41. The smallest absolute Gasteiger partial charge is 0.121 e. The van der Waals surface area contributed by atoms with Crippen LogP contribution in [0.25, 0.3) is 33.4 Å². The van der Waals surface area contributed by atoms with Crippen molar-refractivity contribution in [3.8, 4) is 22.5 Å². The SMILES string of the molecule is Cc1ccc(-c2n[nH]nc2-c2ccnc3ccccc23)cc1. The third-order valence-electron chi connectivity index (χ3n) is 3.78. The number of hydrogen-bond acceptors (Lipinski definition) is 3. The quantitative estimate of drug-likeness (QED) is 0.606. The number of benzene rings is 2. The standard InChI is InChI=1S/C18H14N4/c1-12-6-8-13(9-7-12)17-18(21-22-20-17)15-10-11-19-16-5-3-2-4-14(15)16/h2-11H,1H3,(H,20,21,22). The van der Waals surface area contributed by atoms with Gasteiger partial charge in [0.1, 0.15) is 11.4 Å². The van der Waals surface area contributed by atoms with Crippen LogP contribution in [0.1, 0.15) is 5.56 Å². The molecule has 2 aromatic carbocycles. The van der Waals surface area contributed by atoms with Crippen molar-refractivity contribution in [2.24, 2.45) is 0 Å². The summed E-state index contributed by atoms with van der Waals surface area (Å²) in [6, 6.07) is 18.4. The van der Waals surface area contributed by atoms with Gasteiger partial charge in [0.05, 0.1) is 5.52 Å². The molecule has 4 rings (SSSR count). The van der Waals surface area contributed by atoms with Gasteiger partial charge in [-0.25, -0.2) is 0 Å². The molecule has 1 N–H and O–H groups in total. The number of nitrogens with zero attached hydrogens (tertiary/aromatic N) is 3. The maximum atomic E-state index is 4.41. The van der Waals surface area contributed by atoms with Gasteiger partial charge in [-0.05, 0) is 19.1 Å². The average molecular weight is 286 g/mol. The summed E-state index contributed by atoms with van der Waals surface area (Å²) in [5.41, 5.74) is 5.98. The highest BCUT2D eigenvalue weighted by atomic mass is 15.3. The van der Waals surface area contributed by atoms with Gasteiger partial charge in [0.2, 0.25) is 0 Å². The highest BCUT2D eigenvalue weighted by Crippen LogP contribution is 2.32. The minimum atomic E-state index is 0.849. The highest BCUT2D eigenvalue weighted by molar-refractivity contribution is 5.96. The normalized spacial score (nSPS) is 11.0. The summed E-state index contributed by atoms with van der Waals surface area (Å²) in [5, 5.41) is 12.5. The van der Waals surface area contributed by atoms with Gasteiger partial charge in [-0.1, -0.05) is 48.0 Å². The van der Waals surface area contributed by atoms with Crippen molar-refractivity contribution in [3.63, 3.8) is 0 Å². The highest BCUT2D eigenvalue weighted by Gasteiger charge is 2.14. The van der Waals surface area contributed by atoms with Crippen molar-refractivity contribution in [1.82, 2.24) is 20.4 Å². The molecule has 0 amide bonds. The van der Waals surface area contributed by atoms with E-state index in [4.69, 9.17) is 0 Å². The van der Waals surface area contributed by atoms with Crippen LogP contribution in [0.4, 0.5) is 0 Å². The van der Waals surface area contributed by atoms with Crippen LogP contribution in [0.3, 0.4) is 0 Å². The molecule has 2 aromatic heterocycles. The number of fused-ring (bicyclic) bond motifs is 1. The molecule has 106 valence electrons. The minimum Gasteiger partial charge on any atom is -0.256 e. The Bertz CT molecular complexity index is 933. The topological polar surface area (TPSA) is 54.5 Å². The maximum Gasteiger partial charge on any atom is 0.121 e. The largest absolute Gasteiger partial charge is 0.256 e. The molecule has 0 radical (unpaired) electrons. The Morgan fingerprint density at radius 1 is 0.818 bits per heavy atom. The summed E-state index contributed by atoms with van der Waals surface area (Å²) in [7, 11) is 0. The van der Waals surface area contributed by atoms with E-state index >= 15 is 0 Å². The van der Waals surface area contributed by atoms with Crippen LogP contribution in [0.15, 0.2) is 60.8 Å². The summed E-state index contributed by atoms with van der Waals surface area (Å²) >= 11 is 0. The van der Waals surface area contributed by atoms with Gasteiger partial charge in [0, 0.05) is 22.7 Å². The van der Waals surface area contributed by atoms with Crippen molar-refractivity contribution in [1.29, 1.82) is 0 Å². The zero-order valence-electron chi connectivity index (χ0n) is 12.1. The number of para-hydroxylation sites is 1. The summed E-state index contributed by atoms with van der Waals surface area (Å²) in [5.74, 6) is 0. The van der Waals surface area contributed by atoms with Crippen LogP contribution < -0.4 is 0 Å². The fourth-order valence-corrected chi connectivity index (χ4v) is 2.63. The molecule has 0 saturated heterocycles. The maximum absolute atomic E-state index is 4.41. The van der Waals surface area contributed by atoms with Crippen molar-refractivity contribution in [2.45, 2.75) is 6.92 Å². The Hall–Kier alpha value is -3.01. The Morgan fingerprint density at radius 2 is 1.59 bits per heavy atom. The molecule has 0 fully saturated rings. The number of aryl methyl sites for hydroxylation is 1. The van der Waals surface area contributed by atoms with Crippen LogP contribution in [-0.2, 0) is 0 Å². The first kappa shape index (κ1) is 12.7. The second kappa shape index (κ2) is 5.07. The summed E-state index contributed by atoms with van der Waals surface area (Å²) in [6.07, 6.45) is 1.81. The first-order valence-electron chi connectivity index (χ1n) is 7.15. The van der Waals surface area contributed by atoms with Crippen LogP contribution >= 0.6 is 0 Å². The van der Waals surface area contributed by atoms with Crippen molar-refractivity contribution >= 4 is 10.9 Å². The molecule has 0 saturated carbocycles. The van der Waals surface area contributed by atoms with Crippen LogP contribution in [0.2, 0.25) is 0 Å². The molecule has 0 unspecified atom stereocenters. The summed E-state index contributed by atoms with van der Waals surface area (Å²) in [6.45, 7) is 2.07. The second-order valence-corrected chi connectivity index (χ2v) is 5.26. The lowest BCUT2D eigenvalue weighted by Gasteiger charge is -2.05. The van der Waals surface area contributed by atoms with E-state index in [-0.39, 0.29) is 0 Å². The van der Waals surface area contributed by atoms with E-state index in [0.29, 0.717) is 0 Å². The van der Waals surface area contributed by atoms with Gasteiger partial charge >= 0.3 is 0 Å². The number of aromatic nitrogens is 4. The molecule has 2 heterocycles. The van der Waals surface area contributed by atoms with Crippen molar-refractivity contribution < 1.29 is 0 Å². The molecule has 0 atom stereocenters. The molecule has 4 nitrogen and oxygen atoms in total. The molecule has 0 bridgehead atoms. The predicted molar refractivity (Wildman–Crippen MR) is 87.3 cm³/mol. The van der Waals surface area contributed by atoms with E-state index in [1.807, 2.05) is 30.5 Å². The van der Waals surface area contributed by atoms with Crippen LogP contribution in [0.5, 0.6) is 0 Å². The van der Waals surface area contributed by atoms with E-state index in [0.717, 1.165) is 33.4 Å². The zero-order chi connectivity index (χ0) is 14.9. The molecule has 0 aliphatic carbocycles. The van der Waals surface area contributed by atoms with Gasteiger partial charge in [-0.2, -0.15) is 15.4 Å². The van der Waals surface area contributed by atoms with E-state index in [9.17, 15) is 0 Å². The van der Waals surface area contributed by atoms with Crippen molar-refractivity contribution in [2.75, 3.05) is 0 Å². The third kappa shape index (κ3) is 2.05. The minimum absolute atomic E-state index is 0.849. The monoisotopic (exact) mass is 286 g/mol. The average Bonchev–Trinajstić information content (AvgIpc) is 3.04. The summed E-state index contributed by atoms with van der Waals surface area (Å²) < 4.78 is 0. The Morgan fingerprint density at radius 3 is 2.45 bits per heavy atom. The molecule has 4 heteroatoms. The number of aromatic amines is 1. The Labute approximate surface area is 127 Å². The van der Waals surface area contributed by atoms with Gasteiger partial charge < -0.3 is 0 Å². The van der Waals surface area contributed by atoms with E-state index in [2.05, 4.69) is 57.7 Å². The Balaban J connectivity index is 1.94. The van der Waals surface area contributed by atoms with Gasteiger partial charge in [-0.3, -0.25) is 4.98 Å². The molecule has 22 heavy (non-hydrogen) atoms. The lowest BCUT2D eigenvalue weighted by atomic mass is 10.0. The number of nitrogens with one attached hydrogen (secondary N) is 1. The van der Waals surface area contributed by atoms with Crippen molar-refractivity contribution in [3.05, 3.63) is 66.4 Å². The van der Waals surface area contributed by atoms with Crippen LogP contribution in [0, 0.1) is 6.92 Å². The number of pyridine rings is 1. The number of rotatable bonds is 2. The molecule has 0 aliphatic rings. The Kier molecular flexibility index (Phi) is 2.93. The first-order chi connectivity index (χ1) is 10.8. The third-order valence-corrected chi connectivity index (χ3v) is 3.78. The molecular weight excluding hydrogens is 272 g/mol. The number of hydrogen-bond donors (Lipinski definition) is 1. The van der Waals surface area contributed by atoms with Crippen LogP contribution in [-0.4, -0.2) is 20.4 Å². The lowest BCUT2D eigenvalue weighted by Crippen LogP contribution is -1.87. The molecular formula is C18H14N4. The molecule has 4 aromatic rings.